The monoisotopic (exact) mass is 396 g/mol. The minimum atomic E-state index is 0. The topological polar surface area (TPSA) is 24.1 Å². The van der Waals surface area contributed by atoms with Gasteiger partial charge in [0.1, 0.15) is 0 Å². The van der Waals surface area contributed by atoms with Crippen LogP contribution in [0, 0.1) is 5.92 Å². The summed E-state index contributed by atoms with van der Waals surface area (Å²) in [5, 5.41) is 6.90. The summed E-state index contributed by atoms with van der Waals surface area (Å²) in [5.41, 5.74) is 0. The molecule has 0 spiro atoms. The van der Waals surface area contributed by atoms with Crippen LogP contribution >= 0.6 is 29.6 Å². The lowest BCUT2D eigenvalue weighted by Gasteiger charge is -2.12. The Bertz CT molecular complexity index is 206. The normalized spacial score (nSPS) is 13.6. The van der Waals surface area contributed by atoms with Gasteiger partial charge >= 0.3 is 0 Å². The van der Waals surface area contributed by atoms with Crippen LogP contribution in [0.25, 0.3) is 0 Å². The Morgan fingerprint density at radius 2 is 1.41 bits per heavy atom. The molecule has 0 saturated heterocycles. The predicted octanol–water partition coefficient (Wildman–Crippen LogP) is 5.23. The van der Waals surface area contributed by atoms with Gasteiger partial charge in [0.25, 0.3) is 0 Å². The molecule has 0 aliphatic heterocycles. The van der Waals surface area contributed by atoms with Gasteiger partial charge in [-0.2, -0.15) is 12.6 Å². The molecular formula is C18H41BrN2S. The molecule has 2 atom stereocenters. The SMILES string of the molecule is Br.CNC(C)CCCCCCCC(C)CNCCCCCS. The van der Waals surface area contributed by atoms with E-state index in [0.29, 0.717) is 6.04 Å². The Hall–Kier alpha value is 0.750. The molecule has 0 aromatic carbocycles. The van der Waals surface area contributed by atoms with Gasteiger partial charge in [0.05, 0.1) is 0 Å². The molecule has 0 aromatic heterocycles. The summed E-state index contributed by atoms with van der Waals surface area (Å²) < 4.78 is 0. The second kappa shape index (κ2) is 19.8. The number of thiol groups is 1. The van der Waals surface area contributed by atoms with E-state index in [4.69, 9.17) is 0 Å². The molecule has 136 valence electrons. The van der Waals surface area contributed by atoms with Crippen molar-refractivity contribution in [2.45, 2.75) is 84.1 Å². The lowest BCUT2D eigenvalue weighted by molar-refractivity contribution is 0.443. The summed E-state index contributed by atoms with van der Waals surface area (Å²) in [6.45, 7) is 7.03. The second-order valence-corrected chi connectivity index (χ2v) is 7.08. The maximum Gasteiger partial charge on any atom is 0.00357 e. The quantitative estimate of drug-likeness (QED) is 0.245. The van der Waals surface area contributed by atoms with Crippen molar-refractivity contribution in [2.24, 2.45) is 5.92 Å². The van der Waals surface area contributed by atoms with Crippen molar-refractivity contribution in [3.63, 3.8) is 0 Å². The minimum absolute atomic E-state index is 0. The number of rotatable bonds is 16. The minimum Gasteiger partial charge on any atom is -0.317 e. The highest BCUT2D eigenvalue weighted by Gasteiger charge is 2.02. The highest BCUT2D eigenvalue weighted by molar-refractivity contribution is 8.93. The molecule has 22 heavy (non-hydrogen) atoms. The Kier molecular flexibility index (Phi) is 22.5. The molecule has 0 saturated carbocycles. The van der Waals surface area contributed by atoms with Gasteiger partial charge in [0, 0.05) is 6.04 Å². The van der Waals surface area contributed by atoms with E-state index in [1.54, 1.807) is 0 Å². The fraction of sp³-hybridized carbons (Fsp3) is 1.00. The third-order valence-electron chi connectivity index (χ3n) is 4.33. The van der Waals surface area contributed by atoms with Crippen LogP contribution in [0.2, 0.25) is 0 Å². The van der Waals surface area contributed by atoms with Crippen LogP contribution in [0.4, 0.5) is 0 Å². The van der Waals surface area contributed by atoms with Crippen LogP contribution in [0.1, 0.15) is 78.1 Å². The summed E-state index contributed by atoms with van der Waals surface area (Å²) >= 11 is 4.24. The van der Waals surface area contributed by atoms with Gasteiger partial charge in [-0.3, -0.25) is 0 Å². The zero-order valence-electron chi connectivity index (χ0n) is 15.2. The van der Waals surface area contributed by atoms with Crippen molar-refractivity contribution in [3.8, 4) is 0 Å². The molecule has 2 unspecified atom stereocenters. The molecule has 0 amide bonds. The molecule has 0 rings (SSSR count). The van der Waals surface area contributed by atoms with E-state index in [-0.39, 0.29) is 17.0 Å². The van der Waals surface area contributed by atoms with Crippen LogP contribution in [0.3, 0.4) is 0 Å². The largest absolute Gasteiger partial charge is 0.317 e. The van der Waals surface area contributed by atoms with Crippen LogP contribution in [0.5, 0.6) is 0 Å². The maximum atomic E-state index is 4.24. The summed E-state index contributed by atoms with van der Waals surface area (Å²) in [6, 6.07) is 0.684. The summed E-state index contributed by atoms with van der Waals surface area (Å²) in [5.74, 6) is 1.86. The molecular weight excluding hydrogens is 356 g/mol. The lowest BCUT2D eigenvalue weighted by atomic mass is 10.0. The molecule has 0 aliphatic rings. The zero-order chi connectivity index (χ0) is 15.8. The van der Waals surface area contributed by atoms with E-state index < -0.39 is 0 Å². The Morgan fingerprint density at radius 3 is 2.05 bits per heavy atom. The fourth-order valence-corrected chi connectivity index (χ4v) is 2.83. The molecule has 2 nitrogen and oxygen atoms in total. The van der Waals surface area contributed by atoms with Gasteiger partial charge in [0.15, 0.2) is 0 Å². The first-order valence-corrected chi connectivity index (χ1v) is 9.82. The average molecular weight is 398 g/mol. The van der Waals surface area contributed by atoms with Gasteiger partial charge in [0.2, 0.25) is 0 Å². The van der Waals surface area contributed by atoms with Crippen LogP contribution in [-0.2, 0) is 0 Å². The molecule has 0 radical (unpaired) electrons. The third kappa shape index (κ3) is 18.8. The van der Waals surface area contributed by atoms with Crippen molar-refractivity contribution in [3.05, 3.63) is 0 Å². The van der Waals surface area contributed by atoms with Gasteiger partial charge in [-0.05, 0) is 64.4 Å². The Balaban J connectivity index is 0. The third-order valence-corrected chi connectivity index (χ3v) is 4.65. The number of hydrogen-bond donors (Lipinski definition) is 3. The van der Waals surface area contributed by atoms with Gasteiger partial charge in [-0.15, -0.1) is 17.0 Å². The first kappa shape index (κ1) is 25.0. The number of halogens is 1. The predicted molar refractivity (Wildman–Crippen MR) is 111 cm³/mol. The average Bonchev–Trinajstić information content (AvgIpc) is 2.49. The van der Waals surface area contributed by atoms with Gasteiger partial charge < -0.3 is 10.6 Å². The zero-order valence-corrected chi connectivity index (χ0v) is 17.8. The molecule has 0 fully saturated rings. The van der Waals surface area contributed by atoms with Crippen molar-refractivity contribution < 1.29 is 0 Å². The lowest BCUT2D eigenvalue weighted by Crippen LogP contribution is -2.22. The van der Waals surface area contributed by atoms with E-state index >= 15 is 0 Å². The van der Waals surface area contributed by atoms with Crippen LogP contribution < -0.4 is 10.6 Å². The molecule has 0 aliphatic carbocycles. The fourth-order valence-electron chi connectivity index (χ4n) is 2.61. The van der Waals surface area contributed by atoms with Gasteiger partial charge in [-0.25, -0.2) is 0 Å². The molecule has 0 heterocycles. The number of unbranched alkanes of at least 4 members (excludes halogenated alkanes) is 6. The van der Waals surface area contributed by atoms with E-state index in [0.717, 1.165) is 11.7 Å². The highest BCUT2D eigenvalue weighted by Crippen LogP contribution is 2.12. The summed E-state index contributed by atoms with van der Waals surface area (Å²) in [6.07, 6.45) is 13.6. The Labute approximate surface area is 156 Å². The van der Waals surface area contributed by atoms with E-state index in [1.807, 2.05) is 0 Å². The standard InChI is InChI=1S/C18H40N2S.BrH/c1-17(16-20-14-10-7-11-15-21)12-8-5-4-6-9-13-18(2)19-3;/h17-21H,4-16H2,1-3H3;1H. The molecule has 2 N–H and O–H groups in total. The summed E-state index contributed by atoms with van der Waals surface area (Å²) in [4.78, 5) is 0. The Morgan fingerprint density at radius 1 is 0.818 bits per heavy atom. The van der Waals surface area contributed by atoms with E-state index in [9.17, 15) is 0 Å². The van der Waals surface area contributed by atoms with Gasteiger partial charge in [-0.1, -0.05) is 45.4 Å². The molecule has 0 aromatic rings. The second-order valence-electron chi connectivity index (χ2n) is 6.63. The first-order valence-electron chi connectivity index (χ1n) is 9.19. The van der Waals surface area contributed by atoms with Crippen molar-refractivity contribution in [1.29, 1.82) is 0 Å². The van der Waals surface area contributed by atoms with Crippen molar-refractivity contribution in [2.75, 3.05) is 25.9 Å². The number of nitrogens with one attached hydrogen (secondary N) is 2. The molecule has 0 bridgehead atoms. The van der Waals surface area contributed by atoms with Crippen molar-refractivity contribution in [1.82, 2.24) is 10.6 Å². The first-order chi connectivity index (χ1) is 10.2. The smallest absolute Gasteiger partial charge is 0.00357 e. The van der Waals surface area contributed by atoms with E-state index in [1.165, 1.54) is 77.3 Å². The van der Waals surface area contributed by atoms with E-state index in [2.05, 4.69) is 44.2 Å². The van der Waals surface area contributed by atoms with Crippen LogP contribution in [0.15, 0.2) is 0 Å². The summed E-state index contributed by atoms with van der Waals surface area (Å²) in [7, 11) is 2.06. The highest BCUT2D eigenvalue weighted by atomic mass is 79.9. The van der Waals surface area contributed by atoms with Crippen molar-refractivity contribution >= 4 is 29.6 Å². The van der Waals surface area contributed by atoms with Crippen LogP contribution in [-0.4, -0.2) is 31.9 Å². The molecule has 4 heteroatoms. The maximum absolute atomic E-state index is 4.24. The number of hydrogen-bond acceptors (Lipinski definition) is 3.